The highest BCUT2D eigenvalue weighted by molar-refractivity contribution is 7.26. The average Bonchev–Trinajstić information content (AvgIpc) is 3.67. The molecule has 1 saturated heterocycles. The molecule has 0 radical (unpaired) electrons. The molecule has 4 atom stereocenters. The summed E-state index contributed by atoms with van der Waals surface area (Å²) in [4.78, 5) is 15.1. The second kappa shape index (κ2) is 19.3. The number of rotatable bonds is 8. The fourth-order valence-electron chi connectivity index (χ4n) is 4.57. The van der Waals surface area contributed by atoms with Crippen molar-refractivity contribution in [3.05, 3.63) is 54.5 Å². The molecule has 2 aromatic heterocycles. The number of nitriles is 1. The number of nitrogen functional groups attached to an aromatic ring is 1. The molecule has 1 aliphatic heterocycles. The van der Waals surface area contributed by atoms with Crippen LogP contribution in [0.1, 0.15) is 91.4 Å². The zero-order valence-electron chi connectivity index (χ0n) is 27.4. The van der Waals surface area contributed by atoms with Crippen LogP contribution in [0, 0.1) is 11.3 Å². The van der Waals surface area contributed by atoms with Crippen LogP contribution >= 0.6 is 9.03 Å². The summed E-state index contributed by atoms with van der Waals surface area (Å²) in [6.45, 7) is 8.40. The van der Waals surface area contributed by atoms with Crippen LogP contribution in [0.3, 0.4) is 0 Å². The number of esters is 1. The van der Waals surface area contributed by atoms with Crippen molar-refractivity contribution in [3.63, 3.8) is 0 Å². The van der Waals surface area contributed by atoms with Gasteiger partial charge in [0.1, 0.15) is 41.9 Å². The Hall–Kier alpha value is -3.37. The standard InChI is InChI=1S/C18H18N5O3P.C9H17NO2.C3H8O2.C2H6/c19-10-18(11-24-27-26-13-4-2-1-3-5-13)9-8-16(25-18)14-6-7-15-17(20)21-12-22-23(14)15;1-7(10)9(11)12-8-5-3-2-4-6-8;1-3(2,4)5;1-2/h1-7,12,16,27H,8-9,11H2,(H2,20,21,22);7-8H,2-6,10H2,1H3;4-5H,1-2H3;1-2H3. The van der Waals surface area contributed by atoms with Crippen LogP contribution in [-0.2, 0) is 18.8 Å². The minimum Gasteiger partial charge on any atom is -0.461 e. The predicted molar refractivity (Wildman–Crippen MR) is 177 cm³/mol. The summed E-state index contributed by atoms with van der Waals surface area (Å²) in [5.41, 5.74) is 11.8. The van der Waals surface area contributed by atoms with E-state index in [1.165, 1.54) is 39.4 Å². The van der Waals surface area contributed by atoms with Crippen molar-refractivity contribution in [2.75, 3.05) is 12.3 Å². The topological polar surface area (TPSA) is 200 Å². The number of para-hydroxylation sites is 1. The van der Waals surface area contributed by atoms with Gasteiger partial charge in [0, 0.05) is 0 Å². The molecule has 13 nitrogen and oxygen atoms in total. The molecule has 5 rings (SSSR count). The van der Waals surface area contributed by atoms with E-state index in [0.29, 0.717) is 18.7 Å². The van der Waals surface area contributed by atoms with Gasteiger partial charge in [-0.1, -0.05) is 38.5 Å². The number of carbonyl (C=O) groups is 1. The molecule has 254 valence electrons. The predicted octanol–water partition coefficient (Wildman–Crippen LogP) is 4.97. The van der Waals surface area contributed by atoms with Crippen LogP contribution in [0.5, 0.6) is 5.75 Å². The highest BCUT2D eigenvalue weighted by Crippen LogP contribution is 2.41. The summed E-state index contributed by atoms with van der Waals surface area (Å²) in [5, 5.41) is 30.1. The highest BCUT2D eigenvalue weighted by Gasteiger charge is 2.42. The molecule has 2 aliphatic rings. The maximum absolute atomic E-state index is 11.1. The first kappa shape index (κ1) is 38.8. The highest BCUT2D eigenvalue weighted by atomic mass is 31.1. The maximum Gasteiger partial charge on any atom is 0.322 e. The van der Waals surface area contributed by atoms with Gasteiger partial charge in [-0.05, 0) is 83.6 Å². The van der Waals surface area contributed by atoms with Gasteiger partial charge in [-0.3, -0.25) is 4.79 Å². The van der Waals surface area contributed by atoms with E-state index >= 15 is 0 Å². The Morgan fingerprint density at radius 3 is 2.43 bits per heavy atom. The number of aliphatic hydroxyl groups is 2. The minimum absolute atomic E-state index is 0.136. The fourth-order valence-corrected chi connectivity index (χ4v) is 5.15. The number of benzene rings is 1. The lowest BCUT2D eigenvalue weighted by molar-refractivity contribution is -0.151. The van der Waals surface area contributed by atoms with Crippen LogP contribution < -0.4 is 16.0 Å². The van der Waals surface area contributed by atoms with Gasteiger partial charge < -0.3 is 40.2 Å². The minimum atomic E-state index is -1.50. The fraction of sp³-hybridized carbons (Fsp3) is 0.562. The second-order valence-corrected chi connectivity index (χ2v) is 11.9. The molecule has 46 heavy (non-hydrogen) atoms. The first-order valence-electron chi connectivity index (χ1n) is 15.6. The normalized spacial score (nSPS) is 20.3. The van der Waals surface area contributed by atoms with Gasteiger partial charge in [0.05, 0.1) is 12.3 Å². The van der Waals surface area contributed by atoms with Gasteiger partial charge in [0.25, 0.3) is 0 Å². The summed E-state index contributed by atoms with van der Waals surface area (Å²) in [7, 11) is -0.206. The summed E-state index contributed by atoms with van der Waals surface area (Å²) < 4.78 is 24.1. The number of hydrogen-bond acceptors (Lipinski definition) is 12. The second-order valence-electron chi connectivity index (χ2n) is 11.2. The van der Waals surface area contributed by atoms with Crippen LogP contribution in [0.15, 0.2) is 48.8 Å². The SMILES string of the molecule is CC.CC(C)(O)O.CC(N)C(=O)OC1CCCCC1.N#CC1(COPOc2ccccc2)CCC(c2ccc3c(N)ncnn23)O1. The smallest absolute Gasteiger partial charge is 0.322 e. The van der Waals surface area contributed by atoms with Crippen molar-refractivity contribution in [2.45, 2.75) is 109 Å². The number of fused-ring (bicyclic) bond motifs is 1. The monoisotopic (exact) mass is 660 g/mol. The maximum atomic E-state index is 11.1. The zero-order chi connectivity index (χ0) is 34.2. The van der Waals surface area contributed by atoms with Gasteiger partial charge in [-0.2, -0.15) is 10.4 Å². The van der Waals surface area contributed by atoms with Crippen molar-refractivity contribution >= 4 is 26.3 Å². The molecule has 2 fully saturated rings. The van der Waals surface area contributed by atoms with Gasteiger partial charge in [0.15, 0.2) is 17.2 Å². The molecule has 0 amide bonds. The van der Waals surface area contributed by atoms with Gasteiger partial charge >= 0.3 is 5.97 Å². The van der Waals surface area contributed by atoms with Crippen molar-refractivity contribution in [3.8, 4) is 11.8 Å². The number of hydrogen-bond donors (Lipinski definition) is 4. The number of carbonyl (C=O) groups excluding carboxylic acids is 1. The third-order valence-corrected chi connectivity index (χ3v) is 7.28. The summed E-state index contributed by atoms with van der Waals surface area (Å²) >= 11 is 0. The first-order chi connectivity index (χ1) is 21.9. The Morgan fingerprint density at radius 2 is 1.83 bits per heavy atom. The zero-order valence-corrected chi connectivity index (χ0v) is 28.4. The molecule has 14 heteroatoms. The molecule has 6 N–H and O–H groups in total. The average molecular weight is 661 g/mol. The molecule has 3 aromatic rings. The van der Waals surface area contributed by atoms with E-state index in [2.05, 4.69) is 16.2 Å². The lowest BCUT2D eigenvalue weighted by Crippen LogP contribution is -2.32. The Balaban J connectivity index is 0.000000322. The Morgan fingerprint density at radius 1 is 1.17 bits per heavy atom. The van der Waals surface area contributed by atoms with E-state index in [-0.39, 0.29) is 33.8 Å². The van der Waals surface area contributed by atoms with Crippen molar-refractivity contribution in [1.29, 1.82) is 5.26 Å². The third-order valence-electron chi connectivity index (χ3n) is 6.70. The number of nitrogens with two attached hydrogens (primary N) is 2. The number of ether oxygens (including phenoxy) is 2. The third kappa shape index (κ3) is 13.2. The summed E-state index contributed by atoms with van der Waals surface area (Å²) in [6.07, 6.45) is 8.19. The van der Waals surface area contributed by atoms with E-state index in [4.69, 9.17) is 40.2 Å². The van der Waals surface area contributed by atoms with Crippen LogP contribution in [-0.4, -0.2) is 60.9 Å². The molecule has 4 unspecified atom stereocenters. The molecule has 0 spiro atoms. The Bertz CT molecular complexity index is 1350. The molecule has 1 aromatic carbocycles. The van der Waals surface area contributed by atoms with E-state index in [0.717, 1.165) is 29.8 Å². The summed E-state index contributed by atoms with van der Waals surface area (Å²) in [6, 6.07) is 14.9. The Labute approximate surface area is 273 Å². The number of anilines is 1. The van der Waals surface area contributed by atoms with E-state index in [1.807, 2.05) is 56.3 Å². The van der Waals surface area contributed by atoms with E-state index in [9.17, 15) is 10.1 Å². The number of aromatic nitrogens is 3. The van der Waals surface area contributed by atoms with Gasteiger partial charge in [-0.15, -0.1) is 0 Å². The molecular formula is C32H49N6O7P. The molecule has 1 aliphatic carbocycles. The molecule has 3 heterocycles. The Kier molecular flexibility index (Phi) is 16.3. The molecule has 0 bridgehead atoms. The van der Waals surface area contributed by atoms with Crippen molar-refractivity contribution in [1.82, 2.24) is 14.6 Å². The molecule has 1 saturated carbocycles. The van der Waals surface area contributed by atoms with E-state index < -0.39 is 17.4 Å². The van der Waals surface area contributed by atoms with Crippen LogP contribution in [0.2, 0.25) is 0 Å². The van der Waals surface area contributed by atoms with Gasteiger partial charge in [-0.25, -0.2) is 9.50 Å². The first-order valence-corrected chi connectivity index (χ1v) is 16.4. The van der Waals surface area contributed by atoms with Crippen LogP contribution in [0.4, 0.5) is 5.82 Å². The van der Waals surface area contributed by atoms with Crippen LogP contribution in [0.25, 0.3) is 5.52 Å². The van der Waals surface area contributed by atoms with Crippen molar-refractivity contribution in [2.24, 2.45) is 5.73 Å². The van der Waals surface area contributed by atoms with Crippen molar-refractivity contribution < 1.29 is 33.5 Å². The number of nitrogens with zero attached hydrogens (tertiary/aromatic N) is 4. The lowest BCUT2D eigenvalue weighted by atomic mass is 9.98. The quantitative estimate of drug-likeness (QED) is 0.110. The van der Waals surface area contributed by atoms with Gasteiger partial charge in [0.2, 0.25) is 9.03 Å². The lowest BCUT2D eigenvalue weighted by Gasteiger charge is -2.22. The summed E-state index contributed by atoms with van der Waals surface area (Å²) in [5.74, 6) is -0.630. The molecular weight excluding hydrogens is 611 g/mol. The van der Waals surface area contributed by atoms with E-state index in [1.54, 1.807) is 11.4 Å². The largest absolute Gasteiger partial charge is 0.461 e.